The van der Waals surface area contributed by atoms with Gasteiger partial charge in [-0.25, -0.2) is 0 Å². The van der Waals surface area contributed by atoms with Crippen molar-refractivity contribution < 1.29 is 4.79 Å². The molecule has 1 amide bonds. The van der Waals surface area contributed by atoms with Crippen molar-refractivity contribution in [2.24, 2.45) is 0 Å². The first-order valence-electron chi connectivity index (χ1n) is 7.57. The van der Waals surface area contributed by atoms with Crippen molar-refractivity contribution in [3.63, 3.8) is 0 Å². The van der Waals surface area contributed by atoms with Gasteiger partial charge in [-0.3, -0.25) is 9.59 Å². The molecule has 0 fully saturated rings. The molecule has 0 aliphatic heterocycles. The number of aryl methyl sites for hydroxylation is 2. The molecule has 0 bridgehead atoms. The molecule has 0 unspecified atom stereocenters. The van der Waals surface area contributed by atoms with Crippen LogP contribution in [-0.2, 0) is 6.42 Å². The van der Waals surface area contributed by atoms with Gasteiger partial charge in [-0.05, 0) is 37.8 Å². The molecule has 4 nitrogen and oxygen atoms in total. The third kappa shape index (κ3) is 4.22. The third-order valence-electron chi connectivity index (χ3n) is 3.71. The summed E-state index contributed by atoms with van der Waals surface area (Å²) < 4.78 is 0. The number of unbranched alkanes of at least 4 members (excludes halogenated alkanes) is 1. The van der Waals surface area contributed by atoms with E-state index in [2.05, 4.69) is 24.1 Å². The zero-order valence-electron chi connectivity index (χ0n) is 13.0. The molecule has 1 atom stereocenters. The number of carbonyl (C=O) groups excluding carboxylic acids is 1. The molecule has 1 rings (SSSR count). The minimum Gasteiger partial charge on any atom is -0.349 e. The number of amides is 1. The summed E-state index contributed by atoms with van der Waals surface area (Å²) in [6.45, 7) is 8.06. The van der Waals surface area contributed by atoms with Crippen LogP contribution in [0.4, 0.5) is 0 Å². The normalized spacial score (nSPS) is 12.2. The Labute approximate surface area is 121 Å². The SMILES string of the molecule is CCCC[C@H](CC)NC(=O)c1cc(CC)c(C)[nH]c1=O. The Morgan fingerprint density at radius 1 is 1.35 bits per heavy atom. The van der Waals surface area contributed by atoms with Crippen LogP contribution in [0.15, 0.2) is 10.9 Å². The summed E-state index contributed by atoms with van der Waals surface area (Å²) in [6.07, 6.45) is 4.84. The van der Waals surface area contributed by atoms with Gasteiger partial charge in [-0.2, -0.15) is 0 Å². The molecule has 2 N–H and O–H groups in total. The van der Waals surface area contributed by atoms with Gasteiger partial charge < -0.3 is 10.3 Å². The van der Waals surface area contributed by atoms with Gasteiger partial charge in [0, 0.05) is 11.7 Å². The largest absolute Gasteiger partial charge is 0.349 e. The third-order valence-corrected chi connectivity index (χ3v) is 3.71. The number of pyridine rings is 1. The maximum atomic E-state index is 12.2. The van der Waals surface area contributed by atoms with Crippen molar-refractivity contribution in [3.05, 3.63) is 33.2 Å². The second-order valence-electron chi connectivity index (χ2n) is 5.24. The van der Waals surface area contributed by atoms with E-state index >= 15 is 0 Å². The van der Waals surface area contributed by atoms with Crippen LogP contribution < -0.4 is 10.9 Å². The van der Waals surface area contributed by atoms with Gasteiger partial charge >= 0.3 is 0 Å². The average molecular weight is 278 g/mol. The zero-order valence-corrected chi connectivity index (χ0v) is 13.0. The molecule has 0 radical (unpaired) electrons. The number of hydrogen-bond acceptors (Lipinski definition) is 2. The van der Waals surface area contributed by atoms with Crippen LogP contribution in [0.1, 0.15) is 68.1 Å². The maximum Gasteiger partial charge on any atom is 0.261 e. The fourth-order valence-corrected chi connectivity index (χ4v) is 2.29. The summed E-state index contributed by atoms with van der Waals surface area (Å²) in [5.41, 5.74) is 1.77. The number of carbonyl (C=O) groups is 1. The van der Waals surface area contributed by atoms with Gasteiger partial charge in [0.25, 0.3) is 11.5 Å². The Balaban J connectivity index is 2.89. The van der Waals surface area contributed by atoms with Gasteiger partial charge in [-0.15, -0.1) is 0 Å². The number of H-pyrrole nitrogens is 1. The zero-order chi connectivity index (χ0) is 15.1. The van der Waals surface area contributed by atoms with Crippen LogP contribution in [0.5, 0.6) is 0 Å². The summed E-state index contributed by atoms with van der Waals surface area (Å²) in [6, 6.07) is 1.86. The van der Waals surface area contributed by atoms with E-state index < -0.39 is 0 Å². The molecule has 0 aliphatic carbocycles. The van der Waals surface area contributed by atoms with E-state index in [-0.39, 0.29) is 23.1 Å². The Morgan fingerprint density at radius 3 is 2.60 bits per heavy atom. The van der Waals surface area contributed by atoms with Gasteiger partial charge in [0.1, 0.15) is 5.56 Å². The van der Waals surface area contributed by atoms with Gasteiger partial charge in [0.2, 0.25) is 0 Å². The lowest BCUT2D eigenvalue weighted by atomic mass is 10.1. The molecule has 1 aromatic heterocycles. The molecule has 0 saturated carbocycles. The predicted molar refractivity (Wildman–Crippen MR) is 82.2 cm³/mol. The van der Waals surface area contributed by atoms with Crippen molar-refractivity contribution in [2.75, 3.05) is 0 Å². The summed E-state index contributed by atoms with van der Waals surface area (Å²) in [5.74, 6) is -0.260. The molecule has 0 aromatic carbocycles. The first-order chi connectivity index (χ1) is 9.53. The smallest absolute Gasteiger partial charge is 0.261 e. The van der Waals surface area contributed by atoms with Crippen molar-refractivity contribution in [1.29, 1.82) is 0 Å². The molecular formula is C16H26N2O2. The second-order valence-corrected chi connectivity index (χ2v) is 5.24. The Kier molecular flexibility index (Phi) is 6.49. The monoisotopic (exact) mass is 278 g/mol. The standard InChI is InChI=1S/C16H26N2O2/c1-5-8-9-13(7-3)18-16(20)14-10-12(6-2)11(4)17-15(14)19/h10,13H,5-9H2,1-4H3,(H,17,19)(H,18,20)/t13-/m0/s1. The van der Waals surface area contributed by atoms with E-state index in [1.807, 2.05) is 13.8 Å². The molecule has 4 heteroatoms. The Hall–Kier alpha value is -1.58. The van der Waals surface area contributed by atoms with Gasteiger partial charge in [0.05, 0.1) is 0 Å². The van der Waals surface area contributed by atoms with E-state index in [9.17, 15) is 9.59 Å². The molecule has 112 valence electrons. The fourth-order valence-electron chi connectivity index (χ4n) is 2.29. The van der Waals surface area contributed by atoms with Crippen molar-refractivity contribution >= 4 is 5.91 Å². The van der Waals surface area contributed by atoms with Crippen LogP contribution >= 0.6 is 0 Å². The van der Waals surface area contributed by atoms with E-state index in [0.29, 0.717) is 0 Å². The topological polar surface area (TPSA) is 62.0 Å². The Morgan fingerprint density at radius 2 is 2.05 bits per heavy atom. The highest BCUT2D eigenvalue weighted by atomic mass is 16.2. The summed E-state index contributed by atoms with van der Waals surface area (Å²) in [4.78, 5) is 26.9. The molecule has 20 heavy (non-hydrogen) atoms. The lowest BCUT2D eigenvalue weighted by Gasteiger charge is -2.16. The Bertz CT molecular complexity index is 506. The van der Waals surface area contributed by atoms with E-state index in [1.54, 1.807) is 6.07 Å². The first kappa shape index (κ1) is 16.5. The average Bonchev–Trinajstić information content (AvgIpc) is 2.43. The quantitative estimate of drug-likeness (QED) is 0.805. The highest BCUT2D eigenvalue weighted by Crippen LogP contribution is 2.08. The molecule has 0 spiro atoms. The highest BCUT2D eigenvalue weighted by Gasteiger charge is 2.16. The first-order valence-corrected chi connectivity index (χ1v) is 7.57. The molecule has 1 aromatic rings. The summed E-state index contributed by atoms with van der Waals surface area (Å²) in [7, 11) is 0. The minimum absolute atomic E-state index is 0.147. The number of hydrogen-bond donors (Lipinski definition) is 2. The molecular weight excluding hydrogens is 252 g/mol. The van der Waals surface area contributed by atoms with Crippen LogP contribution in [0, 0.1) is 6.92 Å². The number of aromatic amines is 1. The van der Waals surface area contributed by atoms with E-state index in [4.69, 9.17) is 0 Å². The van der Waals surface area contributed by atoms with Gasteiger partial charge in [0.15, 0.2) is 0 Å². The highest BCUT2D eigenvalue weighted by molar-refractivity contribution is 5.94. The molecule has 0 aliphatic rings. The molecule has 1 heterocycles. The maximum absolute atomic E-state index is 12.2. The van der Waals surface area contributed by atoms with Crippen molar-refractivity contribution in [1.82, 2.24) is 10.3 Å². The number of aromatic nitrogens is 1. The van der Waals surface area contributed by atoms with Crippen LogP contribution in [0.25, 0.3) is 0 Å². The minimum atomic E-state index is -0.303. The lowest BCUT2D eigenvalue weighted by molar-refractivity contribution is 0.0931. The molecule has 0 saturated heterocycles. The van der Waals surface area contributed by atoms with Crippen molar-refractivity contribution in [3.8, 4) is 0 Å². The number of rotatable bonds is 7. The van der Waals surface area contributed by atoms with E-state index in [1.165, 1.54) is 0 Å². The fraction of sp³-hybridized carbons (Fsp3) is 0.625. The van der Waals surface area contributed by atoms with Crippen LogP contribution in [0.2, 0.25) is 0 Å². The predicted octanol–water partition coefficient (Wildman–Crippen LogP) is 2.94. The number of nitrogens with one attached hydrogen (secondary N) is 2. The van der Waals surface area contributed by atoms with Gasteiger partial charge in [-0.1, -0.05) is 33.6 Å². The van der Waals surface area contributed by atoms with Crippen LogP contribution in [-0.4, -0.2) is 16.9 Å². The van der Waals surface area contributed by atoms with Crippen LogP contribution in [0.3, 0.4) is 0 Å². The lowest BCUT2D eigenvalue weighted by Crippen LogP contribution is -2.37. The summed E-state index contributed by atoms with van der Waals surface area (Å²) >= 11 is 0. The summed E-state index contributed by atoms with van der Waals surface area (Å²) in [5, 5.41) is 2.97. The van der Waals surface area contributed by atoms with Crippen molar-refractivity contribution in [2.45, 2.75) is 65.8 Å². The van der Waals surface area contributed by atoms with E-state index in [0.717, 1.165) is 43.4 Å². The second kappa shape index (κ2) is 7.88.